The highest BCUT2D eigenvalue weighted by atomic mass is 79.9. The van der Waals surface area contributed by atoms with Crippen molar-refractivity contribution in [1.82, 2.24) is 5.32 Å². The lowest BCUT2D eigenvalue weighted by atomic mass is 10.1. The van der Waals surface area contributed by atoms with Crippen LogP contribution >= 0.6 is 15.9 Å². The van der Waals surface area contributed by atoms with Gasteiger partial charge in [-0.3, -0.25) is 4.79 Å². The summed E-state index contributed by atoms with van der Waals surface area (Å²) in [5.74, 6) is -0.470. The molecular formula is C16H15BrFNO. The predicted octanol–water partition coefficient (Wildman–Crippen LogP) is 4.39. The average Bonchev–Trinajstić information content (AvgIpc) is 2.41. The summed E-state index contributed by atoms with van der Waals surface area (Å²) in [5.41, 5.74) is 2.24. The molecule has 2 nitrogen and oxygen atoms in total. The molecule has 0 aromatic heterocycles. The fourth-order valence-electron chi connectivity index (χ4n) is 1.99. The minimum Gasteiger partial charge on any atom is -0.346 e. The van der Waals surface area contributed by atoms with Gasteiger partial charge in [-0.2, -0.15) is 0 Å². The molecule has 1 amide bonds. The second-order valence-corrected chi connectivity index (χ2v) is 5.52. The third-order valence-corrected chi connectivity index (χ3v) is 4.07. The van der Waals surface area contributed by atoms with E-state index in [0.29, 0.717) is 5.56 Å². The molecule has 1 N–H and O–H groups in total. The summed E-state index contributed by atoms with van der Waals surface area (Å²) in [7, 11) is 0. The zero-order valence-corrected chi connectivity index (χ0v) is 12.9. The lowest BCUT2D eigenvalue weighted by Gasteiger charge is -2.15. The van der Waals surface area contributed by atoms with Crippen molar-refractivity contribution in [2.45, 2.75) is 19.9 Å². The van der Waals surface area contributed by atoms with Crippen molar-refractivity contribution in [3.8, 4) is 0 Å². The number of benzene rings is 2. The van der Waals surface area contributed by atoms with Gasteiger partial charge in [-0.15, -0.1) is 0 Å². The third kappa shape index (κ3) is 3.25. The summed E-state index contributed by atoms with van der Waals surface area (Å²) >= 11 is 3.41. The van der Waals surface area contributed by atoms with E-state index in [0.717, 1.165) is 15.6 Å². The number of halogens is 2. The molecule has 104 valence electrons. The summed E-state index contributed by atoms with van der Waals surface area (Å²) in [6, 6.07) is 11.5. The number of carbonyl (C=O) groups excluding carboxylic acids is 1. The Morgan fingerprint density at radius 3 is 2.65 bits per heavy atom. The van der Waals surface area contributed by atoms with Gasteiger partial charge in [-0.1, -0.05) is 34.1 Å². The minimum atomic E-state index is -0.303. The van der Waals surface area contributed by atoms with Crippen LogP contribution in [0.25, 0.3) is 0 Å². The standard InChI is InChI=1S/C16H15BrFNO/c1-10-14(7-4-8-15(10)17)16(20)19-11(2)12-5-3-6-13(18)9-12/h3-9,11H,1-2H3,(H,19,20). The van der Waals surface area contributed by atoms with Gasteiger partial charge < -0.3 is 5.32 Å². The van der Waals surface area contributed by atoms with Crippen molar-refractivity contribution >= 4 is 21.8 Å². The quantitative estimate of drug-likeness (QED) is 0.885. The molecule has 2 aromatic rings. The van der Waals surface area contributed by atoms with Gasteiger partial charge in [0, 0.05) is 10.0 Å². The van der Waals surface area contributed by atoms with Crippen molar-refractivity contribution in [3.63, 3.8) is 0 Å². The Kier molecular flexibility index (Phi) is 4.55. The van der Waals surface area contributed by atoms with Crippen molar-refractivity contribution in [1.29, 1.82) is 0 Å². The number of amides is 1. The van der Waals surface area contributed by atoms with Crippen LogP contribution in [0.15, 0.2) is 46.9 Å². The molecule has 1 atom stereocenters. The van der Waals surface area contributed by atoms with Crippen LogP contribution in [0.1, 0.15) is 34.5 Å². The molecule has 0 heterocycles. The van der Waals surface area contributed by atoms with Gasteiger partial charge in [0.1, 0.15) is 5.82 Å². The Bertz CT molecular complexity index is 642. The van der Waals surface area contributed by atoms with Gasteiger partial charge in [0.25, 0.3) is 5.91 Å². The average molecular weight is 336 g/mol. The van der Waals surface area contributed by atoms with Crippen molar-refractivity contribution < 1.29 is 9.18 Å². The third-order valence-electron chi connectivity index (χ3n) is 3.21. The van der Waals surface area contributed by atoms with Crippen LogP contribution in [0, 0.1) is 12.7 Å². The summed E-state index contributed by atoms with van der Waals surface area (Å²) in [4.78, 5) is 12.3. The molecular weight excluding hydrogens is 321 g/mol. The van der Waals surface area contributed by atoms with E-state index >= 15 is 0 Å². The SMILES string of the molecule is Cc1c(Br)cccc1C(=O)NC(C)c1cccc(F)c1. The van der Waals surface area contributed by atoms with Crippen LogP contribution in [0.5, 0.6) is 0 Å². The van der Waals surface area contributed by atoms with E-state index in [1.807, 2.05) is 26.0 Å². The maximum atomic E-state index is 13.2. The van der Waals surface area contributed by atoms with E-state index in [1.54, 1.807) is 18.2 Å². The fraction of sp³-hybridized carbons (Fsp3) is 0.188. The monoisotopic (exact) mass is 335 g/mol. The Morgan fingerprint density at radius 1 is 1.25 bits per heavy atom. The largest absolute Gasteiger partial charge is 0.346 e. The second-order valence-electron chi connectivity index (χ2n) is 4.66. The highest BCUT2D eigenvalue weighted by Gasteiger charge is 2.14. The lowest BCUT2D eigenvalue weighted by Crippen LogP contribution is -2.27. The van der Waals surface area contributed by atoms with Gasteiger partial charge in [0.15, 0.2) is 0 Å². The maximum absolute atomic E-state index is 13.2. The summed E-state index contributed by atoms with van der Waals surface area (Å²) < 4.78 is 14.1. The van der Waals surface area contributed by atoms with E-state index in [2.05, 4.69) is 21.2 Å². The molecule has 1 unspecified atom stereocenters. The molecule has 4 heteroatoms. The molecule has 2 aromatic carbocycles. The number of carbonyl (C=O) groups is 1. The van der Waals surface area contributed by atoms with Crippen LogP contribution in [-0.4, -0.2) is 5.91 Å². The van der Waals surface area contributed by atoms with Crippen LogP contribution in [0.2, 0.25) is 0 Å². The molecule has 0 aliphatic carbocycles. The van der Waals surface area contributed by atoms with E-state index in [1.165, 1.54) is 12.1 Å². The highest BCUT2D eigenvalue weighted by molar-refractivity contribution is 9.10. The van der Waals surface area contributed by atoms with Crippen molar-refractivity contribution in [2.75, 3.05) is 0 Å². The van der Waals surface area contributed by atoms with E-state index in [4.69, 9.17) is 0 Å². The first-order valence-corrected chi connectivity index (χ1v) is 7.10. The predicted molar refractivity (Wildman–Crippen MR) is 81.2 cm³/mol. The number of hydrogen-bond acceptors (Lipinski definition) is 1. The van der Waals surface area contributed by atoms with Gasteiger partial charge in [0.05, 0.1) is 6.04 Å². The van der Waals surface area contributed by atoms with E-state index in [9.17, 15) is 9.18 Å². The van der Waals surface area contributed by atoms with E-state index in [-0.39, 0.29) is 17.8 Å². The fourth-order valence-corrected chi connectivity index (χ4v) is 2.35. The van der Waals surface area contributed by atoms with Gasteiger partial charge in [-0.25, -0.2) is 4.39 Å². The molecule has 20 heavy (non-hydrogen) atoms. The first kappa shape index (κ1) is 14.7. The molecule has 0 fully saturated rings. The number of nitrogens with one attached hydrogen (secondary N) is 1. The highest BCUT2D eigenvalue weighted by Crippen LogP contribution is 2.20. The molecule has 0 spiro atoms. The van der Waals surface area contributed by atoms with Crippen LogP contribution < -0.4 is 5.32 Å². The molecule has 0 radical (unpaired) electrons. The van der Waals surface area contributed by atoms with Crippen LogP contribution in [-0.2, 0) is 0 Å². The summed E-state index contributed by atoms with van der Waals surface area (Å²) in [5, 5.41) is 2.88. The molecule has 0 saturated carbocycles. The first-order valence-electron chi connectivity index (χ1n) is 6.30. The molecule has 2 rings (SSSR count). The Balaban J connectivity index is 2.17. The summed E-state index contributed by atoms with van der Waals surface area (Å²) in [6.45, 7) is 3.71. The van der Waals surface area contributed by atoms with Crippen molar-refractivity contribution in [3.05, 3.63) is 69.4 Å². The lowest BCUT2D eigenvalue weighted by molar-refractivity contribution is 0.0939. The van der Waals surface area contributed by atoms with Gasteiger partial charge in [0.2, 0.25) is 0 Å². The Labute approximate surface area is 126 Å². The normalized spacial score (nSPS) is 12.0. The second kappa shape index (κ2) is 6.18. The molecule has 0 saturated heterocycles. The van der Waals surface area contributed by atoms with E-state index < -0.39 is 0 Å². The first-order chi connectivity index (χ1) is 9.49. The Hall–Kier alpha value is -1.68. The zero-order chi connectivity index (χ0) is 14.7. The smallest absolute Gasteiger partial charge is 0.252 e. The zero-order valence-electron chi connectivity index (χ0n) is 11.3. The number of hydrogen-bond donors (Lipinski definition) is 1. The van der Waals surface area contributed by atoms with Crippen LogP contribution in [0.4, 0.5) is 4.39 Å². The van der Waals surface area contributed by atoms with Crippen molar-refractivity contribution in [2.24, 2.45) is 0 Å². The van der Waals surface area contributed by atoms with Gasteiger partial charge in [-0.05, 0) is 49.2 Å². The Morgan fingerprint density at radius 2 is 1.95 bits per heavy atom. The number of rotatable bonds is 3. The molecule has 0 aliphatic heterocycles. The maximum Gasteiger partial charge on any atom is 0.252 e. The van der Waals surface area contributed by atoms with Crippen LogP contribution in [0.3, 0.4) is 0 Å². The molecule has 0 bridgehead atoms. The minimum absolute atomic E-state index is 0.166. The topological polar surface area (TPSA) is 29.1 Å². The molecule has 0 aliphatic rings. The van der Waals surface area contributed by atoms with Gasteiger partial charge >= 0.3 is 0 Å². The summed E-state index contributed by atoms with van der Waals surface area (Å²) in [6.07, 6.45) is 0.